The maximum atomic E-state index is 14.2. The molecule has 0 saturated carbocycles. The van der Waals surface area contributed by atoms with Crippen LogP contribution in [0.3, 0.4) is 0 Å². The molecule has 9 rings (SSSR count). The van der Waals surface area contributed by atoms with Crippen molar-refractivity contribution in [3.05, 3.63) is 29.8 Å². The number of aliphatic hydroxyl groups is 17. The molecule has 806 valence electrons. The predicted octanol–water partition coefficient (Wildman–Crippen LogP) is -7.73. The molecular formula is C86H139NO49S4. The minimum absolute atomic E-state index is 0.0205. The highest BCUT2D eigenvalue weighted by molar-refractivity contribution is 8.00. The van der Waals surface area contributed by atoms with Crippen LogP contribution in [0, 0.1) is 23.7 Å². The van der Waals surface area contributed by atoms with E-state index in [0.29, 0.717) is 22.9 Å². The molecule has 0 radical (unpaired) electrons. The SMILES string of the molecule is COCC1O[C@@H]2OCC3O[C@H](O[C@@H]4C(O)[C@@H](OCC5O[C@H](OC)C(O)[C@@H](OC(=O)C(C)CSCCOCCOCCSCC(C)C(=O)O[C@H](C2O)[C@@H]1O)[C@@H]5O)OC(CO[C@H]1OC(CO[C@H]2OC(CO[C@H]5OC(COC)[C@@H](O)[C@H](OC(=O)C(C)CSCCC(=O)Nc6ccc(C(=O)OC)cc6)C5O)[C@@H](O)[C@H](O)C2O)[C@@H](O)[C@H](OC(=O)C(C)CSCCOCCOCCOCCO)C1O)[C@H]4O)C(O)[C@@H](O)[C@@H]3O. The third-order valence-corrected chi connectivity index (χ3v) is 28.3. The molecule has 8 fully saturated rings. The van der Waals surface area contributed by atoms with E-state index in [-0.39, 0.29) is 133 Å². The van der Waals surface area contributed by atoms with E-state index < -0.39 is 301 Å². The number of hydrogen-bond donors (Lipinski definition) is 18. The fourth-order valence-corrected chi connectivity index (χ4v) is 18.9. The van der Waals surface area contributed by atoms with Gasteiger partial charge in [-0.05, 0) is 24.3 Å². The van der Waals surface area contributed by atoms with E-state index in [1.807, 2.05) is 0 Å². The Hall–Kier alpha value is -4.08. The molecule has 1 aromatic carbocycles. The molecule has 1 amide bonds. The second-order valence-electron chi connectivity index (χ2n) is 34.2. The number of aliphatic hydroxyl groups excluding tert-OH is 17. The van der Waals surface area contributed by atoms with Gasteiger partial charge in [0.05, 0.1) is 155 Å². The molecule has 0 aliphatic carbocycles. The number of methoxy groups -OCH3 is 4. The number of benzene rings is 1. The van der Waals surface area contributed by atoms with Crippen LogP contribution in [0.4, 0.5) is 5.69 Å². The Labute approximate surface area is 824 Å². The first-order valence-corrected chi connectivity index (χ1v) is 50.5. The molecule has 8 aliphatic rings. The predicted molar refractivity (Wildman–Crippen MR) is 480 cm³/mol. The third-order valence-electron chi connectivity index (χ3n) is 23.5. The first-order valence-electron chi connectivity index (χ1n) is 45.9. The van der Waals surface area contributed by atoms with E-state index in [1.54, 1.807) is 13.8 Å². The second-order valence-corrected chi connectivity index (χ2v) is 38.8. The molecule has 140 heavy (non-hydrogen) atoms. The number of esters is 5. The molecule has 0 spiro atoms. The lowest BCUT2D eigenvalue weighted by molar-refractivity contribution is -0.375. The molecule has 18 N–H and O–H groups in total. The second kappa shape index (κ2) is 61.2. The minimum Gasteiger partial charge on any atom is -0.465 e. The summed E-state index contributed by atoms with van der Waals surface area (Å²) < 4.78 is 149. The van der Waals surface area contributed by atoms with Crippen LogP contribution in [0.15, 0.2) is 24.3 Å². The Balaban J connectivity index is 0.932. The van der Waals surface area contributed by atoms with Crippen molar-refractivity contribution < 1.29 is 239 Å². The fourth-order valence-electron chi connectivity index (χ4n) is 15.2. The van der Waals surface area contributed by atoms with Crippen LogP contribution in [0.2, 0.25) is 0 Å². The Kier molecular flexibility index (Phi) is 52.2. The average molecular weight is 2100 g/mol. The van der Waals surface area contributed by atoms with E-state index in [2.05, 4.69) is 5.32 Å². The number of nitrogens with one attached hydrogen (secondary N) is 1. The van der Waals surface area contributed by atoms with Gasteiger partial charge in [-0.3, -0.25) is 24.0 Å². The first kappa shape index (κ1) is 119. The molecule has 8 heterocycles. The van der Waals surface area contributed by atoms with Gasteiger partial charge in [0, 0.05) is 79.5 Å². The van der Waals surface area contributed by atoms with Crippen LogP contribution in [0.5, 0.6) is 0 Å². The molecule has 18 unspecified atom stereocenters. The molecule has 1 aromatic rings. The summed E-state index contributed by atoms with van der Waals surface area (Å²) in [7, 11) is 4.90. The van der Waals surface area contributed by atoms with Crippen LogP contribution in [0.25, 0.3) is 0 Å². The molecule has 8 aliphatic heterocycles. The van der Waals surface area contributed by atoms with Crippen LogP contribution in [0.1, 0.15) is 44.5 Å². The highest BCUT2D eigenvalue weighted by Gasteiger charge is 2.58. The normalized spacial score (nSPS) is 38.4. The van der Waals surface area contributed by atoms with Gasteiger partial charge in [-0.25, -0.2) is 4.79 Å². The van der Waals surface area contributed by atoms with Crippen molar-refractivity contribution in [2.45, 2.75) is 249 Å². The number of amides is 1. The van der Waals surface area contributed by atoms with Gasteiger partial charge in [0.15, 0.2) is 68.4 Å². The molecular weight excluding hydrogens is 1960 g/mol. The number of carbonyl (C=O) groups is 6. The largest absolute Gasteiger partial charge is 0.465 e. The summed E-state index contributed by atoms with van der Waals surface area (Å²) in [5, 5.41) is 200. The summed E-state index contributed by atoms with van der Waals surface area (Å²) in [5.74, 6) is -5.94. The van der Waals surface area contributed by atoms with Crippen molar-refractivity contribution in [2.75, 3.05) is 199 Å². The smallest absolute Gasteiger partial charge is 0.337 e. The van der Waals surface area contributed by atoms with E-state index in [1.165, 1.54) is 106 Å². The van der Waals surface area contributed by atoms with Crippen LogP contribution in [-0.2, 0) is 147 Å². The van der Waals surface area contributed by atoms with Crippen LogP contribution >= 0.6 is 47.0 Å². The monoisotopic (exact) mass is 2100 g/mol. The lowest BCUT2D eigenvalue weighted by Gasteiger charge is -2.47. The molecule has 8 saturated heterocycles. The molecule has 50 nitrogen and oxygen atoms in total. The summed E-state index contributed by atoms with van der Waals surface area (Å²) in [4.78, 5) is 79.8. The zero-order valence-corrected chi connectivity index (χ0v) is 82.0. The Morgan fingerprint density at radius 2 is 0.879 bits per heavy atom. The van der Waals surface area contributed by atoms with E-state index >= 15 is 0 Å². The Morgan fingerprint density at radius 1 is 0.436 bits per heavy atom. The van der Waals surface area contributed by atoms with Gasteiger partial charge in [-0.1, -0.05) is 27.7 Å². The van der Waals surface area contributed by atoms with Gasteiger partial charge < -0.3 is 215 Å². The average Bonchev–Trinajstić information content (AvgIpc) is 0.767. The van der Waals surface area contributed by atoms with Crippen molar-refractivity contribution in [2.24, 2.45) is 23.7 Å². The van der Waals surface area contributed by atoms with Crippen molar-refractivity contribution in [1.82, 2.24) is 0 Å². The molecule has 0 aromatic heterocycles. The van der Waals surface area contributed by atoms with Gasteiger partial charge in [0.2, 0.25) is 5.91 Å². The van der Waals surface area contributed by atoms with Gasteiger partial charge >= 0.3 is 29.8 Å². The minimum atomic E-state index is -2.29. The van der Waals surface area contributed by atoms with Gasteiger partial charge in [0.25, 0.3) is 0 Å². The van der Waals surface area contributed by atoms with E-state index in [0.717, 1.165) is 7.11 Å². The maximum absolute atomic E-state index is 14.2. The number of carbonyl (C=O) groups excluding carboxylic acids is 6. The molecule has 54 heteroatoms. The number of fused-ring (bicyclic) bond motifs is 8. The van der Waals surface area contributed by atoms with Gasteiger partial charge in [-0.2, -0.15) is 47.0 Å². The highest BCUT2D eigenvalue weighted by atomic mass is 32.2. The van der Waals surface area contributed by atoms with Crippen molar-refractivity contribution in [3.8, 4) is 0 Å². The Morgan fingerprint density at radius 3 is 1.39 bits per heavy atom. The summed E-state index contributed by atoms with van der Waals surface area (Å²) in [5.41, 5.74) is 0.700. The van der Waals surface area contributed by atoms with Gasteiger partial charge in [0.1, 0.15) is 146 Å². The zero-order valence-electron chi connectivity index (χ0n) is 78.7. The standard InChI is InChI=1S/C86H139NO49S4/c1-40(36-137-25-13-53(89)87-45-11-9-44(10-12-45)79(110)113-7)75(106)133-71-56(92)46(29-111-5)126-82(66(71)102)121-31-48-54(90)61(97)63(99)81(128-48)120-34-51-59(95)73(135-78(109)43(4)39-138-26-22-117-19-18-116-17-16-115-15-14-88)68(104)84(129-51)124-35-52-60(96)74-69(105)85(130-52)123-33-50-58(94)70(65(101)80(114-8)125-50)132-76(107)41(2)37-139-27-23-118-20-21-119-24-28-140-38-42(3)77(108)134-72-57(93)47(30-112-6)127-83(67(72)103)122-32-49-55(91)62(98)64(100)86(131-49)136-74/h9-12,40-43,46-52,54-74,80-86,88,90-105H,13-39H2,1-8H3,(H,87,89)/t40?,41?,42?,43?,46?,47?,48?,49?,50?,51?,52?,54-,55-,56-,57-,58-,59-,60-,61+,62+,63?,64?,65?,66?,67?,68?,69?,70+,71+,72+,73+,74+,80+,81+,82+,83+,84+,85+,86-/m1/s1. The third kappa shape index (κ3) is 34.8. The number of anilines is 1. The highest BCUT2D eigenvalue weighted by Crippen LogP contribution is 2.38. The van der Waals surface area contributed by atoms with Crippen molar-refractivity contribution >= 4 is 88.5 Å². The molecule has 8 bridgehead atoms. The number of rotatable bonds is 38. The summed E-state index contributed by atoms with van der Waals surface area (Å²) in [6.07, 6.45) is -68.0. The zero-order chi connectivity index (χ0) is 102. The van der Waals surface area contributed by atoms with Crippen molar-refractivity contribution in [1.29, 1.82) is 0 Å². The number of thioether (sulfide) groups is 4. The summed E-state index contributed by atoms with van der Waals surface area (Å²) >= 11 is 5.18. The van der Waals surface area contributed by atoms with Crippen LogP contribution < -0.4 is 5.32 Å². The number of ether oxygens (including phenoxy) is 26. The topological polar surface area (TPSA) is 698 Å². The molecule has 39 atom stereocenters. The van der Waals surface area contributed by atoms with E-state index in [9.17, 15) is 110 Å². The van der Waals surface area contributed by atoms with Crippen LogP contribution in [-0.4, -0.2) is 531 Å². The summed E-state index contributed by atoms with van der Waals surface area (Å²) in [6, 6.07) is 6.02. The van der Waals surface area contributed by atoms with Gasteiger partial charge in [-0.15, -0.1) is 0 Å². The lowest BCUT2D eigenvalue weighted by atomic mass is 9.96. The van der Waals surface area contributed by atoms with E-state index in [4.69, 9.17) is 128 Å². The summed E-state index contributed by atoms with van der Waals surface area (Å²) in [6.45, 7) is 2.95. The number of hydrogen-bond acceptors (Lipinski definition) is 53. The first-order chi connectivity index (χ1) is 67.1. The maximum Gasteiger partial charge on any atom is 0.337 e. The quantitative estimate of drug-likeness (QED) is 0.0166. The fraction of sp³-hybridized carbons (Fsp3) is 0.860. The lowest BCUT2D eigenvalue weighted by Crippen LogP contribution is -2.66. The van der Waals surface area contributed by atoms with Crippen molar-refractivity contribution in [3.63, 3.8) is 0 Å². The Bertz CT molecular complexity index is 3770.